The van der Waals surface area contributed by atoms with Gasteiger partial charge in [-0.05, 0) is 61.2 Å². The van der Waals surface area contributed by atoms with Crippen LogP contribution >= 0.6 is 0 Å². The van der Waals surface area contributed by atoms with Crippen LogP contribution in [0.2, 0.25) is 0 Å². The summed E-state index contributed by atoms with van der Waals surface area (Å²) in [5.74, 6) is -0.467. The van der Waals surface area contributed by atoms with Gasteiger partial charge < -0.3 is 10.1 Å². The van der Waals surface area contributed by atoms with Crippen LogP contribution in [0.3, 0.4) is 0 Å². The molecule has 7 nitrogen and oxygen atoms in total. The highest BCUT2D eigenvalue weighted by Crippen LogP contribution is 2.53. The lowest BCUT2D eigenvalue weighted by Gasteiger charge is -2.17. The lowest BCUT2D eigenvalue weighted by Crippen LogP contribution is -2.32. The molecule has 1 aliphatic carbocycles. The molecule has 0 aliphatic heterocycles. The van der Waals surface area contributed by atoms with E-state index in [1.54, 1.807) is 25.6 Å². The van der Waals surface area contributed by atoms with Gasteiger partial charge in [-0.25, -0.2) is 14.4 Å². The number of nitrogens with zero attached hydrogens (tertiary/aromatic N) is 4. The average Bonchev–Trinajstić information content (AvgIpc) is 3.63. The number of ether oxygens (including phenoxy) is 1. The van der Waals surface area contributed by atoms with Crippen LogP contribution in [0.1, 0.15) is 41.4 Å². The zero-order valence-corrected chi connectivity index (χ0v) is 20.6. The third-order valence-corrected chi connectivity index (χ3v) is 7.26. The number of pyridine rings is 1. The zero-order chi connectivity index (χ0) is 25.6. The molecule has 3 aromatic heterocycles. The number of hydrogen-bond acceptors (Lipinski definition) is 5. The Labute approximate surface area is 213 Å². The summed E-state index contributed by atoms with van der Waals surface area (Å²) in [7, 11) is 1.56. The topological polar surface area (TPSA) is 81.4 Å². The number of fused-ring (bicyclic) bond motifs is 2. The largest absolute Gasteiger partial charge is 0.380 e. The number of benzene rings is 2. The minimum Gasteiger partial charge on any atom is -0.380 e. The van der Waals surface area contributed by atoms with E-state index in [1.165, 1.54) is 17.7 Å². The first-order valence-corrected chi connectivity index (χ1v) is 12.3. The number of nitrogens with one attached hydrogen (secondary N) is 1. The van der Waals surface area contributed by atoms with E-state index in [4.69, 9.17) is 4.74 Å². The maximum atomic E-state index is 14.9. The van der Waals surface area contributed by atoms with Crippen molar-refractivity contribution in [3.63, 3.8) is 0 Å². The standard InChI is InChI=1S/C29H26FN5O2/c1-18(37-2)14-32-27(36)23-7-5-19(13-24(23)30)21-15-33-28-34-16-26(35(28)17-21)29(9-10-29)22-6-8-25-20(12-22)4-3-11-31-25/h3-8,11-13,15-18H,9-10,14H2,1-2H3,(H,32,36). The number of carbonyl (C=O) groups excluding carboxylic acids is 1. The molecule has 0 spiro atoms. The van der Waals surface area contributed by atoms with Crippen LogP contribution in [0, 0.1) is 5.82 Å². The van der Waals surface area contributed by atoms with Crippen molar-refractivity contribution < 1.29 is 13.9 Å². The number of imidazole rings is 1. The summed E-state index contributed by atoms with van der Waals surface area (Å²) >= 11 is 0. The molecule has 1 fully saturated rings. The van der Waals surface area contributed by atoms with Crippen LogP contribution in [0.4, 0.5) is 4.39 Å². The molecule has 37 heavy (non-hydrogen) atoms. The molecule has 8 heteroatoms. The number of rotatable bonds is 7. The Morgan fingerprint density at radius 1 is 1.11 bits per heavy atom. The highest BCUT2D eigenvalue weighted by atomic mass is 19.1. The molecular formula is C29H26FN5O2. The Bertz CT molecular complexity index is 1640. The molecule has 1 saturated carbocycles. The van der Waals surface area contributed by atoms with Crippen molar-refractivity contribution in [3.05, 3.63) is 96.0 Å². The Kier molecular flexibility index (Phi) is 5.68. The first kappa shape index (κ1) is 23.2. The molecule has 0 bridgehead atoms. The van der Waals surface area contributed by atoms with Gasteiger partial charge in [-0.3, -0.25) is 14.2 Å². The van der Waals surface area contributed by atoms with Gasteiger partial charge in [-0.15, -0.1) is 0 Å². The van der Waals surface area contributed by atoms with Gasteiger partial charge in [0.25, 0.3) is 5.91 Å². The number of carbonyl (C=O) groups is 1. The summed E-state index contributed by atoms with van der Waals surface area (Å²) in [5.41, 5.74) is 4.48. The van der Waals surface area contributed by atoms with Gasteiger partial charge in [0.2, 0.25) is 5.78 Å². The maximum absolute atomic E-state index is 14.9. The van der Waals surface area contributed by atoms with E-state index in [2.05, 4.69) is 44.5 Å². The zero-order valence-electron chi connectivity index (χ0n) is 20.6. The van der Waals surface area contributed by atoms with Crippen molar-refractivity contribution >= 4 is 22.6 Å². The molecule has 0 saturated heterocycles. The van der Waals surface area contributed by atoms with Crippen LogP contribution in [-0.4, -0.2) is 45.0 Å². The first-order valence-electron chi connectivity index (χ1n) is 12.3. The van der Waals surface area contributed by atoms with Gasteiger partial charge in [-0.2, -0.15) is 0 Å². The fraction of sp³-hybridized carbons (Fsp3) is 0.241. The van der Waals surface area contributed by atoms with Crippen LogP contribution < -0.4 is 5.32 Å². The van der Waals surface area contributed by atoms with Crippen molar-refractivity contribution in [1.29, 1.82) is 0 Å². The van der Waals surface area contributed by atoms with Crippen molar-refractivity contribution in [1.82, 2.24) is 24.7 Å². The van der Waals surface area contributed by atoms with Crippen LogP contribution in [-0.2, 0) is 10.2 Å². The smallest absolute Gasteiger partial charge is 0.254 e. The number of hydrogen-bond donors (Lipinski definition) is 1. The highest BCUT2D eigenvalue weighted by molar-refractivity contribution is 5.95. The third-order valence-electron chi connectivity index (χ3n) is 7.26. The van der Waals surface area contributed by atoms with E-state index in [0.717, 1.165) is 35.0 Å². The summed E-state index contributed by atoms with van der Waals surface area (Å²) < 4.78 is 22.1. The Balaban J connectivity index is 1.33. The molecule has 6 rings (SSSR count). The van der Waals surface area contributed by atoms with Crippen molar-refractivity contribution in [3.8, 4) is 11.1 Å². The minimum atomic E-state index is -0.588. The molecule has 1 amide bonds. The van der Waals surface area contributed by atoms with Crippen LogP contribution in [0.15, 0.2) is 73.3 Å². The van der Waals surface area contributed by atoms with Gasteiger partial charge in [0, 0.05) is 48.6 Å². The molecule has 186 valence electrons. The highest BCUT2D eigenvalue weighted by Gasteiger charge is 2.48. The van der Waals surface area contributed by atoms with Crippen molar-refractivity contribution in [2.24, 2.45) is 0 Å². The monoisotopic (exact) mass is 495 g/mol. The average molecular weight is 496 g/mol. The molecule has 3 heterocycles. The summed E-state index contributed by atoms with van der Waals surface area (Å²) in [6.45, 7) is 2.13. The lowest BCUT2D eigenvalue weighted by molar-refractivity contribution is 0.0867. The SMILES string of the molecule is COC(C)CNC(=O)c1ccc(-c2cnc3ncc(C4(c5ccc6ncccc6c5)CC4)n3c2)cc1F. The Morgan fingerprint density at radius 3 is 2.73 bits per heavy atom. The van der Waals surface area contributed by atoms with Gasteiger partial charge in [0.05, 0.1) is 29.1 Å². The molecule has 0 radical (unpaired) electrons. The Hall–Kier alpha value is -4.17. The summed E-state index contributed by atoms with van der Waals surface area (Å²) in [6.07, 6.45) is 9.19. The summed E-state index contributed by atoms with van der Waals surface area (Å²) in [5, 5.41) is 3.80. The molecule has 1 unspecified atom stereocenters. The number of halogens is 1. The normalized spacial score (nSPS) is 15.1. The van der Waals surface area contributed by atoms with Gasteiger partial charge in [-0.1, -0.05) is 18.2 Å². The van der Waals surface area contributed by atoms with Crippen molar-refractivity contribution in [2.45, 2.75) is 31.3 Å². The van der Waals surface area contributed by atoms with Crippen LogP contribution in [0.25, 0.3) is 27.8 Å². The molecule has 1 N–H and O–H groups in total. The fourth-order valence-electron chi connectivity index (χ4n) is 4.86. The van der Waals surface area contributed by atoms with E-state index in [9.17, 15) is 9.18 Å². The molecule has 1 aliphatic rings. The molecule has 1 atom stereocenters. The van der Waals surface area contributed by atoms with E-state index in [-0.39, 0.29) is 17.1 Å². The summed E-state index contributed by atoms with van der Waals surface area (Å²) in [4.78, 5) is 25.9. The third kappa shape index (κ3) is 4.13. The predicted molar refractivity (Wildman–Crippen MR) is 139 cm³/mol. The summed E-state index contributed by atoms with van der Waals surface area (Å²) in [6, 6.07) is 15.1. The van der Waals surface area contributed by atoms with E-state index >= 15 is 0 Å². The van der Waals surface area contributed by atoms with E-state index in [1.807, 2.05) is 29.8 Å². The quantitative estimate of drug-likeness (QED) is 0.346. The fourth-order valence-corrected chi connectivity index (χ4v) is 4.86. The van der Waals surface area contributed by atoms with Crippen molar-refractivity contribution in [2.75, 3.05) is 13.7 Å². The molecule has 2 aromatic carbocycles. The minimum absolute atomic E-state index is 0.00728. The van der Waals surface area contributed by atoms with Crippen LogP contribution in [0.5, 0.6) is 0 Å². The molecular weight excluding hydrogens is 469 g/mol. The lowest BCUT2D eigenvalue weighted by atomic mass is 9.91. The van der Waals surface area contributed by atoms with E-state index in [0.29, 0.717) is 17.9 Å². The maximum Gasteiger partial charge on any atom is 0.254 e. The Morgan fingerprint density at radius 2 is 1.95 bits per heavy atom. The second-order valence-electron chi connectivity index (χ2n) is 9.60. The van der Waals surface area contributed by atoms with Gasteiger partial charge in [0.15, 0.2) is 0 Å². The second-order valence-corrected chi connectivity index (χ2v) is 9.60. The number of methoxy groups -OCH3 is 1. The molecule has 5 aromatic rings. The van der Waals surface area contributed by atoms with Gasteiger partial charge in [0.1, 0.15) is 5.82 Å². The second kappa shape index (κ2) is 9.05. The van der Waals surface area contributed by atoms with E-state index < -0.39 is 11.7 Å². The number of aromatic nitrogens is 4. The van der Waals surface area contributed by atoms with Gasteiger partial charge >= 0.3 is 0 Å². The first-order chi connectivity index (χ1) is 18.0. The number of amides is 1. The predicted octanol–water partition coefficient (Wildman–Crippen LogP) is 4.93.